The molecule has 3 rings (SSSR count). The minimum Gasteiger partial charge on any atom is -0.315 e. The first-order valence-electron chi connectivity index (χ1n) is 6.82. The van der Waals surface area contributed by atoms with Gasteiger partial charge in [-0.05, 0) is 41.3 Å². The number of hydrogen-bond donors (Lipinski definition) is 0. The third-order valence-electron chi connectivity index (χ3n) is 3.85. The number of nitrogens with zero attached hydrogens (tertiary/aromatic N) is 1. The third kappa shape index (κ3) is 2.79. The van der Waals surface area contributed by atoms with Crippen molar-refractivity contribution in [1.29, 1.82) is 0 Å². The zero-order valence-corrected chi connectivity index (χ0v) is 12.4. The summed E-state index contributed by atoms with van der Waals surface area (Å²) in [5, 5.41) is -0.238. The Morgan fingerprint density at radius 1 is 1.29 bits per heavy atom. The fraction of sp³-hybridized carbons (Fsp3) is 0.235. The van der Waals surface area contributed by atoms with Crippen molar-refractivity contribution in [2.45, 2.75) is 18.2 Å². The first kappa shape index (κ1) is 14.1. The molecule has 0 aliphatic carbocycles. The van der Waals surface area contributed by atoms with Crippen molar-refractivity contribution in [3.05, 3.63) is 65.0 Å². The van der Waals surface area contributed by atoms with E-state index in [2.05, 4.69) is 0 Å². The Balaban J connectivity index is 1.81. The molecule has 1 atom stereocenters. The van der Waals surface area contributed by atoms with Crippen molar-refractivity contribution in [2.24, 2.45) is 0 Å². The van der Waals surface area contributed by atoms with E-state index in [1.807, 2.05) is 24.3 Å². The van der Waals surface area contributed by atoms with Crippen molar-refractivity contribution < 1.29 is 9.18 Å². The van der Waals surface area contributed by atoms with Crippen molar-refractivity contribution in [3.8, 4) is 0 Å². The van der Waals surface area contributed by atoms with Crippen molar-refractivity contribution in [2.75, 3.05) is 11.9 Å². The van der Waals surface area contributed by atoms with E-state index in [0.717, 1.165) is 22.4 Å². The van der Waals surface area contributed by atoms with Gasteiger partial charge in [0.1, 0.15) is 5.82 Å². The molecule has 0 spiro atoms. The van der Waals surface area contributed by atoms with Crippen molar-refractivity contribution in [1.82, 2.24) is 0 Å². The molecule has 21 heavy (non-hydrogen) atoms. The van der Waals surface area contributed by atoms with Crippen LogP contribution in [0.3, 0.4) is 0 Å². The maximum atomic E-state index is 13.2. The topological polar surface area (TPSA) is 20.3 Å². The number of anilines is 1. The number of carbonyl (C=O) groups is 1. The standard InChI is InChI=1S/C17H15ClFNO/c1-20-16-6-5-12(9-13(16)10-17(20)21)15(18)8-11-3-2-4-14(19)7-11/h2-7,9,15H,8,10H2,1H3. The van der Waals surface area contributed by atoms with E-state index in [1.54, 1.807) is 18.0 Å². The Morgan fingerprint density at radius 3 is 2.86 bits per heavy atom. The Morgan fingerprint density at radius 2 is 2.10 bits per heavy atom. The van der Waals surface area contributed by atoms with Gasteiger partial charge in [-0.15, -0.1) is 11.6 Å². The van der Waals surface area contributed by atoms with Gasteiger partial charge < -0.3 is 4.90 Å². The van der Waals surface area contributed by atoms with Crippen LogP contribution in [0.4, 0.5) is 10.1 Å². The van der Waals surface area contributed by atoms with Crippen LogP contribution in [0.2, 0.25) is 0 Å². The van der Waals surface area contributed by atoms with Gasteiger partial charge in [0.15, 0.2) is 0 Å². The second-order valence-electron chi connectivity index (χ2n) is 5.32. The quantitative estimate of drug-likeness (QED) is 0.788. The molecule has 1 heterocycles. The summed E-state index contributed by atoms with van der Waals surface area (Å²) in [6.07, 6.45) is 0.977. The van der Waals surface area contributed by atoms with Crippen LogP contribution in [0.15, 0.2) is 42.5 Å². The molecule has 0 radical (unpaired) electrons. The summed E-state index contributed by atoms with van der Waals surface area (Å²) in [4.78, 5) is 13.4. The molecule has 4 heteroatoms. The second-order valence-corrected chi connectivity index (χ2v) is 5.85. The second kappa shape index (κ2) is 5.49. The first-order chi connectivity index (χ1) is 10.0. The molecular weight excluding hydrogens is 289 g/mol. The molecule has 0 fully saturated rings. The van der Waals surface area contributed by atoms with Gasteiger partial charge in [0, 0.05) is 12.7 Å². The highest BCUT2D eigenvalue weighted by Crippen LogP contribution is 2.33. The lowest BCUT2D eigenvalue weighted by Gasteiger charge is -2.13. The molecule has 2 nitrogen and oxygen atoms in total. The molecule has 0 saturated carbocycles. The Hall–Kier alpha value is -1.87. The number of alkyl halides is 1. The van der Waals surface area contributed by atoms with Gasteiger partial charge in [0.05, 0.1) is 11.8 Å². The lowest BCUT2D eigenvalue weighted by Crippen LogP contribution is -2.20. The van der Waals surface area contributed by atoms with Crippen LogP contribution in [0.5, 0.6) is 0 Å². The van der Waals surface area contributed by atoms with E-state index in [1.165, 1.54) is 12.1 Å². The van der Waals surface area contributed by atoms with Gasteiger partial charge in [-0.2, -0.15) is 0 Å². The van der Waals surface area contributed by atoms with Gasteiger partial charge in [0.25, 0.3) is 0 Å². The maximum absolute atomic E-state index is 13.2. The summed E-state index contributed by atoms with van der Waals surface area (Å²) >= 11 is 6.45. The average molecular weight is 304 g/mol. The van der Waals surface area contributed by atoms with Gasteiger partial charge in [0.2, 0.25) is 5.91 Å². The van der Waals surface area contributed by atoms with E-state index >= 15 is 0 Å². The van der Waals surface area contributed by atoms with Gasteiger partial charge in [-0.1, -0.05) is 24.3 Å². The van der Waals surface area contributed by atoms with Crippen LogP contribution >= 0.6 is 11.6 Å². The number of benzene rings is 2. The molecule has 2 aromatic carbocycles. The largest absolute Gasteiger partial charge is 0.315 e. The van der Waals surface area contributed by atoms with Crippen LogP contribution in [-0.2, 0) is 17.6 Å². The minimum atomic E-state index is -0.252. The monoisotopic (exact) mass is 303 g/mol. The number of rotatable bonds is 3. The molecular formula is C17H15ClFNO. The molecule has 1 amide bonds. The molecule has 0 N–H and O–H groups in total. The van der Waals surface area contributed by atoms with E-state index in [9.17, 15) is 9.18 Å². The summed E-state index contributed by atoms with van der Waals surface area (Å²) in [7, 11) is 1.78. The molecule has 1 aliphatic rings. The molecule has 1 unspecified atom stereocenters. The summed E-state index contributed by atoms with van der Waals surface area (Å²) in [6.45, 7) is 0. The van der Waals surface area contributed by atoms with Crippen LogP contribution in [0.1, 0.15) is 22.1 Å². The average Bonchev–Trinajstić information content (AvgIpc) is 2.73. The summed E-state index contributed by atoms with van der Waals surface area (Å²) in [6, 6.07) is 12.3. The minimum absolute atomic E-state index is 0.0957. The van der Waals surface area contributed by atoms with Gasteiger partial charge >= 0.3 is 0 Å². The third-order valence-corrected chi connectivity index (χ3v) is 4.25. The molecule has 0 bridgehead atoms. The van der Waals surface area contributed by atoms with E-state index < -0.39 is 0 Å². The van der Waals surface area contributed by atoms with Crippen LogP contribution in [0.25, 0.3) is 0 Å². The summed E-state index contributed by atoms with van der Waals surface area (Å²) in [5.74, 6) is -0.157. The summed E-state index contributed by atoms with van der Waals surface area (Å²) in [5.41, 5.74) is 3.77. The highest BCUT2D eigenvalue weighted by molar-refractivity contribution is 6.21. The molecule has 2 aromatic rings. The molecule has 0 aromatic heterocycles. The van der Waals surface area contributed by atoms with E-state index in [4.69, 9.17) is 11.6 Å². The Kier molecular flexibility index (Phi) is 3.68. The highest BCUT2D eigenvalue weighted by Gasteiger charge is 2.24. The van der Waals surface area contributed by atoms with Crippen molar-refractivity contribution in [3.63, 3.8) is 0 Å². The number of carbonyl (C=O) groups excluding carboxylic acids is 1. The predicted molar refractivity (Wildman–Crippen MR) is 82.3 cm³/mol. The Bertz CT molecular complexity index is 701. The predicted octanol–water partition coefficient (Wildman–Crippen LogP) is 3.87. The number of likely N-dealkylation sites (N-methyl/N-ethyl adjacent to an activating group) is 1. The Labute approximate surface area is 128 Å². The molecule has 108 valence electrons. The van der Waals surface area contributed by atoms with E-state index in [0.29, 0.717) is 12.8 Å². The number of amides is 1. The normalized spacial score (nSPS) is 15.2. The zero-order valence-electron chi connectivity index (χ0n) is 11.6. The lowest BCUT2D eigenvalue weighted by molar-refractivity contribution is -0.117. The molecule has 0 saturated heterocycles. The SMILES string of the molecule is CN1C(=O)Cc2cc(C(Cl)Cc3cccc(F)c3)ccc21. The maximum Gasteiger partial charge on any atom is 0.231 e. The molecule has 1 aliphatic heterocycles. The smallest absolute Gasteiger partial charge is 0.231 e. The number of fused-ring (bicyclic) bond motifs is 1. The van der Waals surface area contributed by atoms with Crippen LogP contribution in [0, 0.1) is 5.82 Å². The fourth-order valence-electron chi connectivity index (χ4n) is 2.67. The summed E-state index contributed by atoms with van der Waals surface area (Å²) < 4.78 is 13.2. The van der Waals surface area contributed by atoms with Gasteiger partial charge in [-0.3, -0.25) is 4.79 Å². The first-order valence-corrected chi connectivity index (χ1v) is 7.26. The zero-order chi connectivity index (χ0) is 15.0. The fourth-order valence-corrected chi connectivity index (χ4v) is 2.99. The van der Waals surface area contributed by atoms with Crippen LogP contribution < -0.4 is 4.90 Å². The number of hydrogen-bond acceptors (Lipinski definition) is 1. The lowest BCUT2D eigenvalue weighted by atomic mass is 10.0. The van der Waals surface area contributed by atoms with Gasteiger partial charge in [-0.25, -0.2) is 4.39 Å². The van der Waals surface area contributed by atoms with Crippen LogP contribution in [-0.4, -0.2) is 13.0 Å². The number of halogens is 2. The van der Waals surface area contributed by atoms with E-state index in [-0.39, 0.29) is 17.1 Å². The van der Waals surface area contributed by atoms with Crippen molar-refractivity contribution >= 4 is 23.2 Å². The highest BCUT2D eigenvalue weighted by atomic mass is 35.5.